The largest absolute Gasteiger partial charge is 0.496 e. The quantitative estimate of drug-likeness (QED) is 0.756. The van der Waals surface area contributed by atoms with Crippen LogP contribution in [-0.4, -0.2) is 46.7 Å². The van der Waals surface area contributed by atoms with Gasteiger partial charge in [-0.1, -0.05) is 29.8 Å². The minimum absolute atomic E-state index is 0.0677. The van der Waals surface area contributed by atoms with Crippen LogP contribution in [0.5, 0.6) is 5.75 Å². The molecule has 27 heavy (non-hydrogen) atoms. The number of methoxy groups -OCH3 is 1. The third-order valence-electron chi connectivity index (χ3n) is 4.59. The summed E-state index contributed by atoms with van der Waals surface area (Å²) in [7, 11) is -5.74. The minimum atomic E-state index is -3.83. The number of halogens is 1. The molecule has 0 spiro atoms. The lowest BCUT2D eigenvalue weighted by molar-refractivity contribution is 0.406. The lowest BCUT2D eigenvalue weighted by Crippen LogP contribution is -2.43. The second-order valence-electron chi connectivity index (χ2n) is 6.41. The van der Waals surface area contributed by atoms with E-state index in [0.717, 1.165) is 5.56 Å². The van der Waals surface area contributed by atoms with Crippen molar-refractivity contribution in [3.8, 4) is 5.75 Å². The maximum Gasteiger partial charge on any atom is 0.183 e. The Labute approximate surface area is 164 Å². The lowest BCUT2D eigenvalue weighted by atomic mass is 10.1. The minimum Gasteiger partial charge on any atom is -0.496 e. The summed E-state index contributed by atoms with van der Waals surface area (Å²) < 4.78 is 55.6. The molecule has 9 heteroatoms. The van der Waals surface area contributed by atoms with Crippen LogP contribution in [0.25, 0.3) is 0 Å². The Morgan fingerprint density at radius 3 is 2.44 bits per heavy atom. The van der Waals surface area contributed by atoms with Crippen molar-refractivity contribution in [3.63, 3.8) is 0 Å². The van der Waals surface area contributed by atoms with Crippen molar-refractivity contribution in [1.82, 2.24) is 5.32 Å². The zero-order chi connectivity index (χ0) is 19.7. The smallest absolute Gasteiger partial charge is 0.183 e. The van der Waals surface area contributed by atoms with E-state index >= 15 is 0 Å². The highest BCUT2D eigenvalue weighted by molar-refractivity contribution is 7.96. The Balaban J connectivity index is 1.86. The number of hydrogen-bond acceptors (Lipinski definition) is 6. The molecule has 6 nitrogen and oxygen atoms in total. The van der Waals surface area contributed by atoms with Gasteiger partial charge in [-0.15, -0.1) is 0 Å². The first-order valence-electron chi connectivity index (χ1n) is 8.28. The predicted molar refractivity (Wildman–Crippen MR) is 105 cm³/mol. The fourth-order valence-corrected chi connectivity index (χ4v) is 8.04. The van der Waals surface area contributed by atoms with Crippen molar-refractivity contribution in [1.29, 1.82) is 0 Å². The first-order valence-corrected chi connectivity index (χ1v) is 12.0. The molecule has 146 valence electrons. The summed E-state index contributed by atoms with van der Waals surface area (Å²) in [6.45, 7) is 0.302. The maximum atomic E-state index is 13.0. The normalized spacial score (nSPS) is 21.9. The molecule has 1 saturated heterocycles. The van der Waals surface area contributed by atoms with Crippen molar-refractivity contribution < 1.29 is 21.6 Å². The number of nitrogens with one attached hydrogen (secondary N) is 1. The molecule has 0 unspecified atom stereocenters. The molecular weight excluding hydrogens is 410 g/mol. The fraction of sp³-hybridized carbons (Fsp3) is 0.333. The maximum absolute atomic E-state index is 13.0. The molecule has 0 aromatic heterocycles. The predicted octanol–water partition coefficient (Wildman–Crippen LogP) is 2.08. The van der Waals surface area contributed by atoms with Gasteiger partial charge in [0, 0.05) is 23.2 Å². The molecule has 2 aromatic carbocycles. The van der Waals surface area contributed by atoms with Gasteiger partial charge in [-0.05, 0) is 30.3 Å². The number of ether oxygens (including phenoxy) is 1. The molecule has 0 aliphatic carbocycles. The van der Waals surface area contributed by atoms with Crippen LogP contribution >= 0.6 is 11.6 Å². The van der Waals surface area contributed by atoms with E-state index in [9.17, 15) is 16.8 Å². The van der Waals surface area contributed by atoms with Gasteiger partial charge in [0.2, 0.25) is 0 Å². The van der Waals surface area contributed by atoms with Gasteiger partial charge in [-0.25, -0.2) is 16.8 Å². The highest BCUT2D eigenvalue weighted by atomic mass is 35.5. The highest BCUT2D eigenvalue weighted by Gasteiger charge is 2.45. The van der Waals surface area contributed by atoms with Gasteiger partial charge in [0.1, 0.15) is 5.75 Å². The van der Waals surface area contributed by atoms with Gasteiger partial charge < -0.3 is 10.1 Å². The molecule has 2 aromatic rings. The number of para-hydroxylation sites is 1. The molecule has 0 radical (unpaired) electrons. The molecule has 1 aliphatic rings. The molecule has 1 fully saturated rings. The molecule has 1 N–H and O–H groups in total. The second-order valence-corrected chi connectivity index (χ2v) is 11.2. The summed E-state index contributed by atoms with van der Waals surface area (Å²) in [5, 5.41) is 2.46. The van der Waals surface area contributed by atoms with Crippen molar-refractivity contribution in [3.05, 3.63) is 59.1 Å². The molecule has 2 atom stereocenters. The van der Waals surface area contributed by atoms with Gasteiger partial charge in [-0.3, -0.25) is 0 Å². The average molecular weight is 430 g/mol. The van der Waals surface area contributed by atoms with E-state index in [1.54, 1.807) is 13.2 Å². The summed E-state index contributed by atoms with van der Waals surface area (Å²) in [4.78, 5) is 0.0677. The SMILES string of the molecule is COc1ccccc1CN[C@H]1CS(=O)(=O)C[C@@H]1S(=O)(=O)c1ccc(Cl)cc1. The van der Waals surface area contributed by atoms with Crippen LogP contribution in [0.3, 0.4) is 0 Å². The Morgan fingerprint density at radius 1 is 1.11 bits per heavy atom. The van der Waals surface area contributed by atoms with Crippen LogP contribution in [0, 0.1) is 0 Å². The molecular formula is C18H20ClNO5S2. The molecule has 0 bridgehead atoms. The van der Waals surface area contributed by atoms with Crippen LogP contribution in [0.2, 0.25) is 5.02 Å². The van der Waals surface area contributed by atoms with Crippen LogP contribution < -0.4 is 10.1 Å². The van der Waals surface area contributed by atoms with E-state index in [2.05, 4.69) is 5.32 Å². The van der Waals surface area contributed by atoms with E-state index in [1.165, 1.54) is 24.3 Å². The number of benzene rings is 2. The van der Waals surface area contributed by atoms with Crippen LogP contribution in [-0.2, 0) is 26.2 Å². The van der Waals surface area contributed by atoms with Gasteiger partial charge in [0.15, 0.2) is 19.7 Å². The van der Waals surface area contributed by atoms with Crippen LogP contribution in [0.15, 0.2) is 53.4 Å². The van der Waals surface area contributed by atoms with Gasteiger partial charge in [0.05, 0.1) is 28.8 Å². The third-order valence-corrected chi connectivity index (χ3v) is 9.01. The summed E-state index contributed by atoms with van der Waals surface area (Å²) in [5.41, 5.74) is 0.826. The van der Waals surface area contributed by atoms with Crippen molar-refractivity contribution in [2.75, 3.05) is 18.6 Å². The van der Waals surface area contributed by atoms with Gasteiger partial charge in [0.25, 0.3) is 0 Å². The summed E-state index contributed by atoms with van der Waals surface area (Å²) >= 11 is 5.83. The monoisotopic (exact) mass is 429 g/mol. The van der Waals surface area contributed by atoms with Crippen LogP contribution in [0.4, 0.5) is 0 Å². The Morgan fingerprint density at radius 2 is 1.78 bits per heavy atom. The van der Waals surface area contributed by atoms with Crippen molar-refractivity contribution in [2.45, 2.75) is 22.7 Å². The summed E-state index contributed by atoms with van der Waals surface area (Å²) in [5.74, 6) is 0.0317. The number of hydrogen-bond donors (Lipinski definition) is 1. The summed E-state index contributed by atoms with van der Waals surface area (Å²) in [6, 6.07) is 12.4. The highest BCUT2D eigenvalue weighted by Crippen LogP contribution is 2.27. The van der Waals surface area contributed by atoms with Crippen LogP contribution in [0.1, 0.15) is 5.56 Å². The first kappa shape index (κ1) is 20.1. The van der Waals surface area contributed by atoms with E-state index in [1.807, 2.05) is 18.2 Å². The molecule has 0 amide bonds. The second kappa shape index (κ2) is 7.79. The number of rotatable bonds is 6. The Kier molecular flexibility index (Phi) is 5.81. The van der Waals surface area contributed by atoms with Crippen molar-refractivity contribution in [2.24, 2.45) is 0 Å². The van der Waals surface area contributed by atoms with Crippen molar-refractivity contribution >= 4 is 31.3 Å². The van der Waals surface area contributed by atoms with E-state index in [0.29, 0.717) is 17.3 Å². The molecule has 1 aliphatic heterocycles. The summed E-state index contributed by atoms with van der Waals surface area (Å²) in [6.07, 6.45) is 0. The van der Waals surface area contributed by atoms with E-state index < -0.39 is 36.7 Å². The Hall–Kier alpha value is -1.61. The molecule has 0 saturated carbocycles. The topological polar surface area (TPSA) is 89.5 Å². The fourth-order valence-electron chi connectivity index (χ4n) is 3.20. The lowest BCUT2D eigenvalue weighted by Gasteiger charge is -2.20. The zero-order valence-corrected chi connectivity index (χ0v) is 17.0. The molecule has 3 rings (SSSR count). The Bertz CT molecular complexity index is 1020. The average Bonchev–Trinajstić information content (AvgIpc) is 2.96. The molecule has 1 heterocycles. The third kappa shape index (κ3) is 4.45. The number of sulfone groups is 2. The zero-order valence-electron chi connectivity index (χ0n) is 14.6. The first-order chi connectivity index (χ1) is 12.7. The van der Waals surface area contributed by atoms with Gasteiger partial charge >= 0.3 is 0 Å². The van der Waals surface area contributed by atoms with Gasteiger partial charge in [-0.2, -0.15) is 0 Å². The van der Waals surface area contributed by atoms with E-state index in [-0.39, 0.29) is 10.6 Å². The standard InChI is InChI=1S/C18H20ClNO5S2/c1-25-17-5-3-2-4-13(17)10-20-16-11-26(21,22)12-18(16)27(23,24)15-8-6-14(19)7-9-15/h2-9,16,18,20H,10-12H2,1H3/t16-,18-/m0/s1. The van der Waals surface area contributed by atoms with E-state index in [4.69, 9.17) is 16.3 Å².